The molecule has 1 saturated heterocycles. The Hall–Kier alpha value is -1.98. The quantitative estimate of drug-likeness (QED) is 0.364. The second-order valence-electron chi connectivity index (χ2n) is 10.2. The summed E-state index contributed by atoms with van der Waals surface area (Å²) in [5, 5.41) is 2.76. The Morgan fingerprint density at radius 1 is 1.26 bits per heavy atom. The van der Waals surface area contributed by atoms with Crippen LogP contribution in [0.2, 0.25) is 18.1 Å². The van der Waals surface area contributed by atoms with Crippen LogP contribution in [0.15, 0.2) is 47.4 Å². The van der Waals surface area contributed by atoms with Gasteiger partial charge in [0.1, 0.15) is 18.1 Å². The lowest BCUT2D eigenvalue weighted by molar-refractivity contribution is -0.0574. The molecule has 0 radical (unpaired) electrons. The number of benzene rings is 1. The van der Waals surface area contributed by atoms with Crippen molar-refractivity contribution in [1.82, 2.24) is 9.55 Å². The van der Waals surface area contributed by atoms with Crippen LogP contribution < -0.4 is 11.0 Å². The smallest absolute Gasteiger partial charge is 0.351 e. The highest BCUT2D eigenvalue weighted by atomic mass is 32.2. The second kappa shape index (κ2) is 11.8. The molecule has 8 nitrogen and oxygen atoms in total. The summed E-state index contributed by atoms with van der Waals surface area (Å²) in [5.74, 6) is 0.759. The predicted molar refractivity (Wildman–Crippen MR) is 143 cm³/mol. The predicted octanol–water partition coefficient (Wildman–Crippen LogP) is 4.55. The first kappa shape index (κ1) is 27.6. The Kier molecular flexibility index (Phi) is 9.33. The highest BCUT2D eigenvalue weighted by Gasteiger charge is 2.42. The van der Waals surface area contributed by atoms with Crippen LogP contribution in [-0.2, 0) is 13.9 Å². The number of carbonyl (C=O) groups excluding carboxylic acids is 1. The molecule has 0 saturated carbocycles. The van der Waals surface area contributed by atoms with Gasteiger partial charge in [0.25, 0.3) is 5.91 Å². The molecule has 1 fully saturated rings. The molecular weight excluding hydrogens is 482 g/mol. The maximum absolute atomic E-state index is 12.8. The number of aromatic nitrogens is 2. The van der Waals surface area contributed by atoms with Crippen LogP contribution in [0, 0.1) is 0 Å². The lowest BCUT2D eigenvalue weighted by atomic mass is 10.2. The molecule has 1 aliphatic rings. The van der Waals surface area contributed by atoms with Crippen LogP contribution in [0.25, 0.3) is 0 Å². The summed E-state index contributed by atoms with van der Waals surface area (Å²) in [6, 6.07) is 10.4. The van der Waals surface area contributed by atoms with E-state index in [1.807, 2.05) is 12.3 Å². The summed E-state index contributed by atoms with van der Waals surface area (Å²) in [5.41, 5.74) is 0.00195. The summed E-state index contributed by atoms with van der Waals surface area (Å²) in [4.78, 5) is 29.3. The molecule has 1 N–H and O–H groups in total. The van der Waals surface area contributed by atoms with Gasteiger partial charge in [-0.15, -0.1) is 0 Å². The monoisotopic (exact) mass is 519 g/mol. The van der Waals surface area contributed by atoms with Gasteiger partial charge in [-0.1, -0.05) is 39.0 Å². The summed E-state index contributed by atoms with van der Waals surface area (Å²) in [6.45, 7) is 12.0. The van der Waals surface area contributed by atoms with Crippen molar-refractivity contribution in [1.29, 1.82) is 0 Å². The third-order valence-corrected chi connectivity index (χ3v) is 11.7. The third kappa shape index (κ3) is 7.26. The molecule has 3 atom stereocenters. The van der Waals surface area contributed by atoms with Crippen molar-refractivity contribution in [2.45, 2.75) is 63.8 Å². The van der Waals surface area contributed by atoms with Gasteiger partial charge in [-0.25, -0.2) is 4.79 Å². The first-order valence-electron chi connectivity index (χ1n) is 11.9. The zero-order valence-corrected chi connectivity index (χ0v) is 23.3. The Labute approximate surface area is 212 Å². The van der Waals surface area contributed by atoms with E-state index in [-0.39, 0.29) is 29.0 Å². The number of amides is 1. The van der Waals surface area contributed by atoms with Crippen LogP contribution in [0.1, 0.15) is 43.8 Å². The topological polar surface area (TPSA) is 91.7 Å². The van der Waals surface area contributed by atoms with Gasteiger partial charge < -0.3 is 19.2 Å². The first-order valence-corrected chi connectivity index (χ1v) is 16.2. The lowest BCUT2D eigenvalue weighted by Crippen LogP contribution is -2.44. The largest absolute Gasteiger partial charge is 0.414 e. The highest BCUT2D eigenvalue weighted by molar-refractivity contribution is 7.98. The fourth-order valence-corrected chi connectivity index (χ4v) is 4.74. The molecule has 1 aromatic carbocycles. The van der Waals surface area contributed by atoms with E-state index in [9.17, 15) is 9.59 Å². The minimum Gasteiger partial charge on any atom is -0.414 e. The fraction of sp³-hybridized carbons (Fsp3) is 0.560. The Morgan fingerprint density at radius 3 is 2.60 bits per heavy atom. The number of rotatable bonds is 10. The third-order valence-electron chi connectivity index (χ3n) is 6.63. The van der Waals surface area contributed by atoms with E-state index in [1.165, 1.54) is 4.57 Å². The van der Waals surface area contributed by atoms with Crippen molar-refractivity contribution in [2.24, 2.45) is 0 Å². The molecule has 192 valence electrons. The summed E-state index contributed by atoms with van der Waals surface area (Å²) >= 11 is 1.72. The van der Waals surface area contributed by atoms with E-state index in [4.69, 9.17) is 13.9 Å². The van der Waals surface area contributed by atoms with Gasteiger partial charge >= 0.3 is 5.69 Å². The van der Waals surface area contributed by atoms with Crippen molar-refractivity contribution >= 4 is 31.8 Å². The molecule has 0 spiro atoms. The minimum absolute atomic E-state index is 0.0844. The Bertz CT molecular complexity index is 1040. The number of thioether (sulfide) groups is 1. The number of anilines is 1. The summed E-state index contributed by atoms with van der Waals surface area (Å²) < 4.78 is 20.3. The molecule has 0 unspecified atom stereocenters. The number of hydrogen-bond acceptors (Lipinski definition) is 7. The Balaban J connectivity index is 1.70. The number of ether oxygens (including phenoxy) is 2. The SMILES string of the molecule is CSCCO[C@H]1C[C@H](n2ccc(NC(=O)c3ccccc3)nc2=O)O[C@@H]1CO[Si](C)(C)C(C)(C)C. The van der Waals surface area contributed by atoms with E-state index in [0.29, 0.717) is 25.2 Å². The van der Waals surface area contributed by atoms with Gasteiger partial charge in [-0.05, 0) is 42.6 Å². The van der Waals surface area contributed by atoms with Crippen LogP contribution in [0.4, 0.5) is 5.82 Å². The number of nitrogens with one attached hydrogen (secondary N) is 1. The van der Waals surface area contributed by atoms with Gasteiger partial charge in [0.05, 0.1) is 19.3 Å². The van der Waals surface area contributed by atoms with Crippen LogP contribution in [-0.4, -0.2) is 61.2 Å². The van der Waals surface area contributed by atoms with E-state index in [2.05, 4.69) is 44.2 Å². The van der Waals surface area contributed by atoms with E-state index in [1.54, 1.807) is 48.3 Å². The number of carbonyl (C=O) groups is 1. The molecule has 1 aromatic heterocycles. The van der Waals surface area contributed by atoms with Crippen LogP contribution >= 0.6 is 11.8 Å². The average molecular weight is 520 g/mol. The summed E-state index contributed by atoms with van der Waals surface area (Å²) in [6.07, 6.45) is 3.20. The Morgan fingerprint density at radius 2 is 1.97 bits per heavy atom. The van der Waals surface area contributed by atoms with Gasteiger partial charge in [0.2, 0.25) is 0 Å². The molecule has 2 heterocycles. The van der Waals surface area contributed by atoms with Gasteiger partial charge in [0, 0.05) is 23.9 Å². The molecule has 0 aliphatic carbocycles. The van der Waals surface area contributed by atoms with Gasteiger partial charge in [-0.3, -0.25) is 9.36 Å². The summed E-state index contributed by atoms with van der Waals surface area (Å²) in [7, 11) is -1.96. The average Bonchev–Trinajstić information content (AvgIpc) is 3.20. The zero-order valence-electron chi connectivity index (χ0n) is 21.4. The van der Waals surface area contributed by atoms with E-state index < -0.39 is 20.2 Å². The molecule has 2 aromatic rings. The standard InChI is InChI=1S/C25H37N3O5SSi/c1-25(2,3)35(5,6)32-17-20-19(31-14-15-34-4)16-22(33-20)28-13-12-21(27-24(28)30)26-23(29)18-10-8-7-9-11-18/h7-13,19-20,22H,14-17H2,1-6H3,(H,26,27,29,30)/t19-,20+,22+/m0/s1. The molecular formula is C25H37N3O5SSi. The second-order valence-corrected chi connectivity index (χ2v) is 16.0. The molecule has 1 amide bonds. The van der Waals surface area contributed by atoms with Gasteiger partial charge in [-0.2, -0.15) is 16.7 Å². The molecule has 10 heteroatoms. The molecule has 0 bridgehead atoms. The molecule has 3 rings (SSSR count). The number of nitrogens with zero attached hydrogens (tertiary/aromatic N) is 2. The maximum Gasteiger partial charge on any atom is 0.351 e. The first-order chi connectivity index (χ1) is 16.5. The number of hydrogen-bond donors (Lipinski definition) is 1. The van der Waals surface area contributed by atoms with Crippen molar-refractivity contribution in [2.75, 3.05) is 30.5 Å². The van der Waals surface area contributed by atoms with E-state index >= 15 is 0 Å². The van der Waals surface area contributed by atoms with Crippen LogP contribution in [0.5, 0.6) is 0 Å². The lowest BCUT2D eigenvalue weighted by Gasteiger charge is -2.37. The maximum atomic E-state index is 12.8. The fourth-order valence-electron chi connectivity index (χ4n) is 3.47. The highest BCUT2D eigenvalue weighted by Crippen LogP contribution is 2.38. The normalized spacial score (nSPS) is 20.7. The van der Waals surface area contributed by atoms with Crippen molar-refractivity contribution < 1.29 is 18.7 Å². The zero-order chi connectivity index (χ0) is 25.6. The molecule has 1 aliphatic heterocycles. The van der Waals surface area contributed by atoms with Crippen molar-refractivity contribution in [3.63, 3.8) is 0 Å². The minimum atomic E-state index is -1.96. The van der Waals surface area contributed by atoms with Gasteiger partial charge in [0.15, 0.2) is 8.32 Å². The van der Waals surface area contributed by atoms with Crippen molar-refractivity contribution in [3.05, 3.63) is 58.6 Å². The van der Waals surface area contributed by atoms with E-state index in [0.717, 1.165) is 5.75 Å². The van der Waals surface area contributed by atoms with Crippen molar-refractivity contribution in [3.8, 4) is 0 Å². The molecule has 35 heavy (non-hydrogen) atoms. The van der Waals surface area contributed by atoms with Crippen LogP contribution in [0.3, 0.4) is 0 Å².